The van der Waals surface area contributed by atoms with Crippen molar-refractivity contribution in [2.24, 2.45) is 5.73 Å². The third-order valence-corrected chi connectivity index (χ3v) is 2.34. The standard InChI is InChI=1S/C10H12ClFN2/c1-2-3-4-9(13)7-5-14-6-8(12)10(7)11/h2,5-6,9H,1,3-4,13H2. The molecule has 1 rings (SSSR count). The van der Waals surface area contributed by atoms with E-state index in [4.69, 9.17) is 17.3 Å². The second-order valence-electron chi connectivity index (χ2n) is 3.00. The molecule has 0 aliphatic rings. The molecule has 1 unspecified atom stereocenters. The largest absolute Gasteiger partial charge is 0.324 e. The Labute approximate surface area is 87.6 Å². The number of rotatable bonds is 4. The van der Waals surface area contributed by atoms with Gasteiger partial charge in [-0.1, -0.05) is 17.7 Å². The molecule has 2 N–H and O–H groups in total. The number of nitrogens with zero attached hydrogens (tertiary/aromatic N) is 1. The van der Waals surface area contributed by atoms with E-state index in [-0.39, 0.29) is 11.1 Å². The molecule has 0 spiro atoms. The van der Waals surface area contributed by atoms with Crippen molar-refractivity contribution in [3.05, 3.63) is 41.5 Å². The van der Waals surface area contributed by atoms with Crippen LogP contribution in [0.1, 0.15) is 24.4 Å². The summed E-state index contributed by atoms with van der Waals surface area (Å²) in [5.41, 5.74) is 6.36. The predicted octanol–water partition coefficient (Wildman–Crippen LogP) is 2.84. The van der Waals surface area contributed by atoms with Crippen LogP contribution in [0, 0.1) is 5.82 Å². The molecule has 0 bridgehead atoms. The molecule has 76 valence electrons. The molecule has 4 heteroatoms. The van der Waals surface area contributed by atoms with Gasteiger partial charge < -0.3 is 5.73 Å². The van der Waals surface area contributed by atoms with Gasteiger partial charge in [-0.2, -0.15) is 0 Å². The summed E-state index contributed by atoms with van der Waals surface area (Å²) in [4.78, 5) is 3.71. The topological polar surface area (TPSA) is 38.9 Å². The second-order valence-corrected chi connectivity index (χ2v) is 3.38. The van der Waals surface area contributed by atoms with Crippen LogP contribution in [0.5, 0.6) is 0 Å². The molecule has 0 amide bonds. The van der Waals surface area contributed by atoms with Crippen molar-refractivity contribution in [2.75, 3.05) is 0 Å². The van der Waals surface area contributed by atoms with E-state index in [9.17, 15) is 4.39 Å². The highest BCUT2D eigenvalue weighted by molar-refractivity contribution is 6.31. The molecule has 0 saturated heterocycles. The Bertz CT molecular complexity index is 328. The molecule has 1 aromatic rings. The SMILES string of the molecule is C=CCCC(N)c1cncc(F)c1Cl. The lowest BCUT2D eigenvalue weighted by molar-refractivity contribution is 0.604. The van der Waals surface area contributed by atoms with E-state index >= 15 is 0 Å². The summed E-state index contributed by atoms with van der Waals surface area (Å²) in [6.45, 7) is 3.59. The van der Waals surface area contributed by atoms with Gasteiger partial charge in [-0.05, 0) is 12.8 Å². The molecule has 0 saturated carbocycles. The number of halogens is 2. The van der Waals surface area contributed by atoms with E-state index in [1.54, 1.807) is 6.08 Å². The molecule has 1 aromatic heterocycles. The molecule has 1 heterocycles. The van der Waals surface area contributed by atoms with E-state index < -0.39 is 5.82 Å². The van der Waals surface area contributed by atoms with E-state index in [2.05, 4.69) is 11.6 Å². The fourth-order valence-electron chi connectivity index (χ4n) is 1.15. The minimum absolute atomic E-state index is 0.0663. The first-order valence-electron chi connectivity index (χ1n) is 4.32. The summed E-state index contributed by atoms with van der Waals surface area (Å²) < 4.78 is 13.0. The predicted molar refractivity (Wildman–Crippen MR) is 55.6 cm³/mol. The van der Waals surface area contributed by atoms with Gasteiger partial charge in [0.2, 0.25) is 0 Å². The van der Waals surface area contributed by atoms with Crippen molar-refractivity contribution in [2.45, 2.75) is 18.9 Å². The Kier molecular flexibility index (Phi) is 4.04. The van der Waals surface area contributed by atoms with E-state index in [0.29, 0.717) is 12.0 Å². The number of pyridine rings is 1. The maximum absolute atomic E-state index is 13.0. The van der Waals surface area contributed by atoms with E-state index in [1.807, 2.05) is 0 Å². The molecule has 0 fully saturated rings. The fraction of sp³-hybridized carbons (Fsp3) is 0.300. The van der Waals surface area contributed by atoms with Crippen LogP contribution in [0.3, 0.4) is 0 Å². The average molecular weight is 215 g/mol. The quantitative estimate of drug-likeness (QED) is 0.783. The highest BCUT2D eigenvalue weighted by Gasteiger charge is 2.12. The van der Waals surface area contributed by atoms with Crippen molar-refractivity contribution >= 4 is 11.6 Å². The number of hydrogen-bond acceptors (Lipinski definition) is 2. The molecule has 0 radical (unpaired) electrons. The van der Waals surface area contributed by atoms with Gasteiger partial charge in [0.25, 0.3) is 0 Å². The number of hydrogen-bond donors (Lipinski definition) is 1. The normalized spacial score (nSPS) is 12.5. The van der Waals surface area contributed by atoms with Crippen molar-refractivity contribution in [1.82, 2.24) is 4.98 Å². The first-order valence-corrected chi connectivity index (χ1v) is 4.70. The molecule has 2 nitrogen and oxygen atoms in total. The van der Waals surface area contributed by atoms with Crippen LogP contribution < -0.4 is 5.73 Å². The zero-order chi connectivity index (χ0) is 10.6. The Morgan fingerprint density at radius 3 is 3.00 bits per heavy atom. The van der Waals surface area contributed by atoms with Crippen LogP contribution >= 0.6 is 11.6 Å². The Morgan fingerprint density at radius 2 is 2.36 bits per heavy atom. The minimum atomic E-state index is -0.529. The third kappa shape index (κ3) is 2.53. The van der Waals surface area contributed by atoms with Crippen LogP contribution in [0.4, 0.5) is 4.39 Å². The van der Waals surface area contributed by atoms with Gasteiger partial charge in [0, 0.05) is 17.8 Å². The lowest BCUT2D eigenvalue weighted by Crippen LogP contribution is -2.11. The molecule has 0 aliphatic carbocycles. The van der Waals surface area contributed by atoms with Crippen molar-refractivity contribution in [3.63, 3.8) is 0 Å². The third-order valence-electron chi connectivity index (χ3n) is 1.95. The average Bonchev–Trinajstić information content (AvgIpc) is 2.18. The molecular formula is C10H12ClFN2. The molecule has 14 heavy (non-hydrogen) atoms. The van der Waals surface area contributed by atoms with Gasteiger partial charge in [-0.15, -0.1) is 6.58 Å². The summed E-state index contributed by atoms with van der Waals surface area (Å²) in [5.74, 6) is -0.529. The van der Waals surface area contributed by atoms with Gasteiger partial charge >= 0.3 is 0 Å². The van der Waals surface area contributed by atoms with Crippen LogP contribution in [-0.4, -0.2) is 4.98 Å². The Morgan fingerprint density at radius 1 is 1.64 bits per heavy atom. The minimum Gasteiger partial charge on any atom is -0.324 e. The monoisotopic (exact) mass is 214 g/mol. The summed E-state index contributed by atoms with van der Waals surface area (Å²) in [6, 6.07) is -0.288. The molecule has 1 atom stereocenters. The van der Waals surface area contributed by atoms with Gasteiger partial charge in [0.15, 0.2) is 5.82 Å². The summed E-state index contributed by atoms with van der Waals surface area (Å²) >= 11 is 5.75. The summed E-state index contributed by atoms with van der Waals surface area (Å²) in [5, 5.41) is 0.0663. The molecule has 0 aromatic carbocycles. The maximum atomic E-state index is 13.0. The smallest absolute Gasteiger partial charge is 0.160 e. The lowest BCUT2D eigenvalue weighted by Gasteiger charge is -2.11. The number of aromatic nitrogens is 1. The zero-order valence-electron chi connectivity index (χ0n) is 7.71. The Hall–Kier alpha value is -0.930. The first kappa shape index (κ1) is 11.1. The van der Waals surface area contributed by atoms with E-state index in [0.717, 1.165) is 12.6 Å². The van der Waals surface area contributed by atoms with Crippen LogP contribution in [-0.2, 0) is 0 Å². The van der Waals surface area contributed by atoms with Crippen molar-refractivity contribution < 1.29 is 4.39 Å². The second kappa shape index (κ2) is 5.08. The summed E-state index contributed by atoms with van der Waals surface area (Å²) in [6.07, 6.45) is 5.80. The lowest BCUT2D eigenvalue weighted by atomic mass is 10.1. The van der Waals surface area contributed by atoms with Gasteiger partial charge in [0.05, 0.1) is 11.2 Å². The fourth-order valence-corrected chi connectivity index (χ4v) is 1.38. The molecule has 0 aliphatic heterocycles. The van der Waals surface area contributed by atoms with Gasteiger partial charge in [-0.25, -0.2) is 4.39 Å². The van der Waals surface area contributed by atoms with Crippen LogP contribution in [0.15, 0.2) is 25.0 Å². The maximum Gasteiger partial charge on any atom is 0.160 e. The van der Waals surface area contributed by atoms with E-state index in [1.165, 1.54) is 6.20 Å². The highest BCUT2D eigenvalue weighted by Crippen LogP contribution is 2.25. The first-order chi connectivity index (χ1) is 6.66. The number of allylic oxidation sites excluding steroid dienone is 1. The molecular weight excluding hydrogens is 203 g/mol. The Balaban J connectivity index is 2.83. The van der Waals surface area contributed by atoms with Crippen molar-refractivity contribution in [3.8, 4) is 0 Å². The number of nitrogens with two attached hydrogens (primary N) is 1. The van der Waals surface area contributed by atoms with Gasteiger partial charge in [0.1, 0.15) is 0 Å². The van der Waals surface area contributed by atoms with Crippen LogP contribution in [0.2, 0.25) is 5.02 Å². The highest BCUT2D eigenvalue weighted by atomic mass is 35.5. The van der Waals surface area contributed by atoms with Crippen molar-refractivity contribution in [1.29, 1.82) is 0 Å². The van der Waals surface area contributed by atoms with Gasteiger partial charge in [-0.3, -0.25) is 4.98 Å². The summed E-state index contributed by atoms with van der Waals surface area (Å²) in [7, 11) is 0. The van der Waals surface area contributed by atoms with Crippen LogP contribution in [0.25, 0.3) is 0 Å². The zero-order valence-corrected chi connectivity index (χ0v) is 8.47.